The average Bonchev–Trinajstić information content (AvgIpc) is 3.64. The quantitative estimate of drug-likeness (QED) is 0.238. The van der Waals surface area contributed by atoms with Crippen LogP contribution >= 0.6 is 0 Å². The molecule has 12 nitrogen and oxygen atoms in total. The fourth-order valence-corrected chi connectivity index (χ4v) is 8.64. The summed E-state index contributed by atoms with van der Waals surface area (Å²) in [5, 5.41) is 0. The molecule has 12 heteroatoms. The molecule has 0 aromatic heterocycles. The normalized spacial score (nSPS) is 44.0. The van der Waals surface area contributed by atoms with Crippen LogP contribution in [0.5, 0.6) is 0 Å². The Morgan fingerprint density at radius 3 is 2.09 bits per heavy atom. The predicted octanol–water partition coefficient (Wildman–Crippen LogP) is -1.27. The highest BCUT2D eigenvalue weighted by Crippen LogP contribution is 2.32. The first-order valence-electron chi connectivity index (χ1n) is 16.8. The smallest absolute Gasteiger partial charge is 0.0893 e. The van der Waals surface area contributed by atoms with Crippen LogP contribution in [0, 0.1) is 11.8 Å². The number of hydrogen-bond donors (Lipinski definition) is 4. The highest BCUT2D eigenvalue weighted by molar-refractivity contribution is 5.28. The van der Waals surface area contributed by atoms with Gasteiger partial charge >= 0.3 is 0 Å². The number of nitrogens with two attached hydrogens (primary N) is 4. The van der Waals surface area contributed by atoms with Gasteiger partial charge in [0.05, 0.1) is 49.1 Å². The van der Waals surface area contributed by atoms with E-state index in [4.69, 9.17) is 41.9 Å². The number of ether oxygens (including phenoxy) is 4. The molecular formula is C32H62N8O4. The minimum absolute atomic E-state index is 0.0347. The molecule has 7 saturated heterocycles. The lowest BCUT2D eigenvalue weighted by molar-refractivity contribution is -0.0140. The summed E-state index contributed by atoms with van der Waals surface area (Å²) in [4.78, 5) is 9.11. The number of likely N-dealkylation sites (N-methyl/N-ethyl adjacent to an activating group) is 4. The Kier molecular flexibility index (Phi) is 11.1. The first-order valence-corrected chi connectivity index (χ1v) is 16.8. The molecule has 0 aromatic carbocycles. The summed E-state index contributed by atoms with van der Waals surface area (Å²) < 4.78 is 21.7. The lowest BCUT2D eigenvalue weighted by Crippen LogP contribution is -2.54. The van der Waals surface area contributed by atoms with Crippen LogP contribution < -0.4 is 22.9 Å². The van der Waals surface area contributed by atoms with Crippen LogP contribution in [0.15, 0.2) is 11.6 Å². The maximum atomic E-state index is 6.23. The molecule has 44 heavy (non-hydrogen) atoms. The summed E-state index contributed by atoms with van der Waals surface area (Å²) in [5.41, 5.74) is 25.9. The van der Waals surface area contributed by atoms with Gasteiger partial charge < -0.3 is 61.5 Å². The van der Waals surface area contributed by atoms with Gasteiger partial charge in [0.15, 0.2) is 0 Å². The molecule has 8 aliphatic rings. The average molecular weight is 623 g/mol. The van der Waals surface area contributed by atoms with Gasteiger partial charge in [-0.25, -0.2) is 0 Å². The first-order chi connectivity index (χ1) is 20.8. The molecule has 0 amide bonds. The van der Waals surface area contributed by atoms with E-state index in [0.29, 0.717) is 24.5 Å². The predicted molar refractivity (Wildman–Crippen MR) is 173 cm³/mol. The Labute approximate surface area is 265 Å². The molecule has 0 aromatic rings. The van der Waals surface area contributed by atoms with E-state index in [9.17, 15) is 0 Å². The van der Waals surface area contributed by atoms with Crippen molar-refractivity contribution in [2.75, 3.05) is 127 Å². The number of rotatable bonds is 0. The van der Waals surface area contributed by atoms with Crippen molar-refractivity contribution < 1.29 is 18.9 Å². The van der Waals surface area contributed by atoms with E-state index < -0.39 is 0 Å². The third kappa shape index (κ3) is 8.03. The van der Waals surface area contributed by atoms with Gasteiger partial charge in [0.1, 0.15) is 0 Å². The third-order valence-electron chi connectivity index (χ3n) is 11.1. The van der Waals surface area contributed by atoms with Crippen LogP contribution in [0.25, 0.3) is 0 Å². The third-order valence-corrected chi connectivity index (χ3v) is 11.1. The number of likely N-dealkylation sites (tertiary alicyclic amines) is 4. The van der Waals surface area contributed by atoms with Crippen molar-refractivity contribution in [2.45, 2.75) is 53.9 Å². The van der Waals surface area contributed by atoms with Crippen molar-refractivity contribution in [2.24, 2.45) is 34.8 Å². The Morgan fingerprint density at radius 1 is 0.682 bits per heavy atom. The summed E-state index contributed by atoms with van der Waals surface area (Å²) in [5.74, 6) is 1.24. The maximum absolute atomic E-state index is 6.23. The molecule has 7 atom stereocenters. The van der Waals surface area contributed by atoms with E-state index in [-0.39, 0.29) is 22.2 Å². The molecule has 0 spiro atoms. The van der Waals surface area contributed by atoms with Crippen LogP contribution in [0.2, 0.25) is 0 Å². The van der Waals surface area contributed by atoms with E-state index in [1.807, 2.05) is 0 Å². The van der Waals surface area contributed by atoms with Crippen molar-refractivity contribution >= 4 is 0 Å². The molecule has 0 saturated carbocycles. The van der Waals surface area contributed by atoms with Crippen LogP contribution in [-0.2, 0) is 18.9 Å². The molecule has 7 fully saturated rings. The van der Waals surface area contributed by atoms with Gasteiger partial charge in [0, 0.05) is 83.6 Å². The molecule has 0 aliphatic carbocycles. The largest absolute Gasteiger partial charge is 0.381 e. The lowest BCUT2D eigenvalue weighted by atomic mass is 9.84. The molecule has 8 heterocycles. The second kappa shape index (κ2) is 14.2. The summed E-state index contributed by atoms with van der Waals surface area (Å²) in [6, 6.07) is 0. The monoisotopic (exact) mass is 622 g/mol. The minimum Gasteiger partial charge on any atom is -0.381 e. The Balaban J connectivity index is 0.000000116. The maximum Gasteiger partial charge on any atom is 0.0893 e. The fraction of sp³-hybridized carbons (Fsp3) is 0.938. The summed E-state index contributed by atoms with van der Waals surface area (Å²) in [6.07, 6.45) is 6.83. The lowest BCUT2D eigenvalue weighted by Gasteiger charge is -2.34. The molecule has 8 rings (SSSR count). The first kappa shape index (κ1) is 34.6. The van der Waals surface area contributed by atoms with Gasteiger partial charge in [0.25, 0.3) is 0 Å². The molecular weight excluding hydrogens is 560 g/mol. The molecule has 8 N–H and O–H groups in total. The number of nitrogens with zero attached hydrogens (tertiary/aromatic N) is 4. The van der Waals surface area contributed by atoms with Crippen molar-refractivity contribution in [3.05, 3.63) is 11.6 Å². The minimum atomic E-state index is -0.174. The molecule has 8 aliphatic heterocycles. The standard InChI is InChI=1S/2C8H16N2O.C8H14N2O.C8H16N2O/c1-10-4-7-5-11-3-2-8(7,9)6-10;2*1-10-4-7-2-3-11-6-8(7,9)5-10;1-10-5-7-8(9,6-10)3-2-4-11-7/h2*7H,2-6,9H2,1H3;2H,3-6,9H2,1H3;7H,2-6,9H2,1H3/t2*7-,8-;8-;7-,8+/m1000/s1. The fourth-order valence-electron chi connectivity index (χ4n) is 8.64. The highest BCUT2D eigenvalue weighted by Gasteiger charge is 2.46. The molecule has 0 bridgehead atoms. The zero-order valence-corrected chi connectivity index (χ0v) is 28.0. The van der Waals surface area contributed by atoms with Gasteiger partial charge in [-0.3, -0.25) is 0 Å². The molecule has 0 radical (unpaired) electrons. The van der Waals surface area contributed by atoms with Crippen LogP contribution in [-0.4, -0.2) is 175 Å². The van der Waals surface area contributed by atoms with Gasteiger partial charge in [-0.1, -0.05) is 6.08 Å². The van der Waals surface area contributed by atoms with E-state index in [1.165, 1.54) is 5.57 Å². The summed E-state index contributed by atoms with van der Waals surface area (Å²) in [6.45, 7) is 13.9. The van der Waals surface area contributed by atoms with Crippen LogP contribution in [0.1, 0.15) is 25.7 Å². The highest BCUT2D eigenvalue weighted by atomic mass is 16.5. The van der Waals surface area contributed by atoms with Crippen molar-refractivity contribution in [1.29, 1.82) is 0 Å². The zero-order chi connectivity index (χ0) is 31.6. The van der Waals surface area contributed by atoms with E-state index in [1.54, 1.807) is 0 Å². The van der Waals surface area contributed by atoms with E-state index in [0.717, 1.165) is 118 Å². The second-order valence-electron chi connectivity index (χ2n) is 15.4. The molecule has 0 unspecified atom stereocenters. The van der Waals surface area contributed by atoms with Crippen LogP contribution in [0.4, 0.5) is 0 Å². The van der Waals surface area contributed by atoms with Crippen molar-refractivity contribution in [1.82, 2.24) is 19.6 Å². The Hall–Kier alpha value is -0.740. The second-order valence-corrected chi connectivity index (χ2v) is 15.4. The van der Waals surface area contributed by atoms with Gasteiger partial charge in [-0.05, 0) is 65.4 Å². The van der Waals surface area contributed by atoms with Crippen molar-refractivity contribution in [3.63, 3.8) is 0 Å². The Morgan fingerprint density at radius 2 is 1.39 bits per heavy atom. The van der Waals surface area contributed by atoms with Crippen LogP contribution in [0.3, 0.4) is 0 Å². The van der Waals surface area contributed by atoms with Crippen molar-refractivity contribution in [3.8, 4) is 0 Å². The van der Waals surface area contributed by atoms with Gasteiger partial charge in [-0.15, -0.1) is 0 Å². The zero-order valence-electron chi connectivity index (χ0n) is 28.0. The van der Waals surface area contributed by atoms with Gasteiger partial charge in [-0.2, -0.15) is 0 Å². The summed E-state index contributed by atoms with van der Waals surface area (Å²) >= 11 is 0. The SMILES string of the molecule is CN1CC2=CCOC[C@@]2(N)C1.CN1C[C@@H]2CCOC[C@@]2(N)C1.CN1C[C@@H]2COCC[C@@]2(N)C1.CN1C[C@@H]2OCCC[C@@]2(N)C1. The molecule has 254 valence electrons. The van der Waals surface area contributed by atoms with E-state index in [2.05, 4.69) is 53.9 Å². The van der Waals surface area contributed by atoms with Gasteiger partial charge in [0.2, 0.25) is 0 Å². The topological polar surface area (TPSA) is 154 Å². The number of fused-ring (bicyclic) bond motifs is 4. The van der Waals surface area contributed by atoms with E-state index >= 15 is 0 Å². The summed E-state index contributed by atoms with van der Waals surface area (Å²) in [7, 11) is 8.46. The Bertz CT molecular complexity index is 906. The number of hydrogen-bond acceptors (Lipinski definition) is 12.